The van der Waals surface area contributed by atoms with Crippen LogP contribution in [0, 0.1) is 11.8 Å². The van der Waals surface area contributed by atoms with Gasteiger partial charge in [-0.05, 0) is 31.9 Å². The monoisotopic (exact) mass is 394 g/mol. The minimum atomic E-state index is -1.10. The van der Waals surface area contributed by atoms with Crippen molar-refractivity contribution in [3.05, 3.63) is 29.8 Å². The van der Waals surface area contributed by atoms with Gasteiger partial charge in [-0.25, -0.2) is 4.79 Å². The summed E-state index contributed by atoms with van der Waals surface area (Å²) in [4.78, 5) is 36.5. The first-order valence-electron chi connectivity index (χ1n) is 9.13. The third-order valence-electron chi connectivity index (χ3n) is 5.37. The third-order valence-corrected chi connectivity index (χ3v) is 6.44. The molecule has 2 amide bonds. The van der Waals surface area contributed by atoms with Crippen molar-refractivity contribution in [2.45, 2.75) is 39.7 Å². The second-order valence-electron chi connectivity index (χ2n) is 7.34. The lowest BCUT2D eigenvalue weighted by Gasteiger charge is -2.32. The average Bonchev–Trinajstić information content (AvgIpc) is 2.96. The summed E-state index contributed by atoms with van der Waals surface area (Å²) >= 11 is 1.07. The number of amides is 2. The molecule has 1 heterocycles. The van der Waals surface area contributed by atoms with Gasteiger partial charge in [-0.15, -0.1) is 0 Å². The first-order valence-corrected chi connectivity index (χ1v) is 10.1. The minimum Gasteiger partial charge on any atom is -0.496 e. The van der Waals surface area contributed by atoms with Crippen LogP contribution in [0.2, 0.25) is 0 Å². The zero-order chi connectivity index (χ0) is 20.2. The molecule has 0 saturated carbocycles. The van der Waals surface area contributed by atoms with Crippen LogP contribution in [0.15, 0.2) is 24.3 Å². The van der Waals surface area contributed by atoms with Crippen LogP contribution in [0.1, 0.15) is 32.8 Å². The number of carboxylic acid groups (broad SMARTS) is 1. The summed E-state index contributed by atoms with van der Waals surface area (Å²) < 4.78 is 4.84. The highest BCUT2D eigenvalue weighted by molar-refractivity contribution is 8.13. The van der Waals surface area contributed by atoms with Gasteiger partial charge in [0.15, 0.2) is 5.12 Å². The van der Waals surface area contributed by atoms with E-state index in [0.717, 1.165) is 23.1 Å². The number of quaternary nitrogens is 1. The number of imide groups is 1. The first-order chi connectivity index (χ1) is 12.7. The smallest absolute Gasteiger partial charge is 0.496 e. The SMILES string of the molecule is COc1ccccc1C[C@H]1CC(C)[N@+](C(=O)O)(C(=O)C(C)CSC(C)=O)C1. The van der Waals surface area contributed by atoms with Crippen molar-refractivity contribution in [3.8, 4) is 5.75 Å². The van der Waals surface area contributed by atoms with Crippen LogP contribution in [-0.4, -0.2) is 52.2 Å². The van der Waals surface area contributed by atoms with Gasteiger partial charge in [-0.3, -0.25) is 4.79 Å². The number of nitrogens with zero attached hydrogens (tertiary/aromatic N) is 1. The van der Waals surface area contributed by atoms with E-state index in [1.54, 1.807) is 14.0 Å². The maximum absolute atomic E-state index is 13.1. The van der Waals surface area contributed by atoms with Crippen molar-refractivity contribution in [1.82, 2.24) is 0 Å². The molecule has 1 aromatic carbocycles. The number of ether oxygens (including phenoxy) is 1. The lowest BCUT2D eigenvalue weighted by molar-refractivity contribution is -0.795. The summed E-state index contributed by atoms with van der Waals surface area (Å²) in [6.45, 7) is 5.26. The average molecular weight is 395 g/mol. The maximum atomic E-state index is 13.1. The van der Waals surface area contributed by atoms with Crippen LogP contribution in [0.3, 0.4) is 0 Å². The van der Waals surface area contributed by atoms with E-state index in [4.69, 9.17) is 4.74 Å². The van der Waals surface area contributed by atoms with Crippen LogP contribution in [0.5, 0.6) is 5.75 Å². The summed E-state index contributed by atoms with van der Waals surface area (Å²) in [6, 6.07) is 7.39. The molecule has 1 N–H and O–H groups in total. The number of thioether (sulfide) groups is 1. The molecule has 2 unspecified atom stereocenters. The number of carbonyl (C=O) groups excluding carboxylic acids is 2. The summed E-state index contributed by atoms with van der Waals surface area (Å²) in [5.74, 6) is 0.353. The molecule has 0 aliphatic carbocycles. The Labute approximate surface area is 164 Å². The van der Waals surface area contributed by atoms with E-state index >= 15 is 0 Å². The molecule has 27 heavy (non-hydrogen) atoms. The van der Waals surface area contributed by atoms with Crippen molar-refractivity contribution in [2.24, 2.45) is 11.8 Å². The van der Waals surface area contributed by atoms with Gasteiger partial charge >= 0.3 is 12.0 Å². The number of hydrogen-bond acceptors (Lipinski definition) is 5. The summed E-state index contributed by atoms with van der Waals surface area (Å²) in [6.07, 6.45) is 0.225. The third kappa shape index (κ3) is 4.52. The van der Waals surface area contributed by atoms with Crippen molar-refractivity contribution in [3.63, 3.8) is 0 Å². The van der Waals surface area contributed by atoms with Crippen LogP contribution >= 0.6 is 11.8 Å². The van der Waals surface area contributed by atoms with Crippen molar-refractivity contribution >= 4 is 28.9 Å². The lowest BCUT2D eigenvalue weighted by Crippen LogP contribution is -2.60. The van der Waals surface area contributed by atoms with Crippen LogP contribution in [0.4, 0.5) is 4.79 Å². The van der Waals surface area contributed by atoms with Crippen molar-refractivity contribution in [2.75, 3.05) is 19.4 Å². The molecule has 2 rings (SSSR count). The Morgan fingerprint density at radius 1 is 1.33 bits per heavy atom. The highest BCUT2D eigenvalue weighted by Gasteiger charge is 2.57. The van der Waals surface area contributed by atoms with E-state index in [2.05, 4.69) is 0 Å². The van der Waals surface area contributed by atoms with Gasteiger partial charge in [-0.1, -0.05) is 30.0 Å². The van der Waals surface area contributed by atoms with Gasteiger partial charge in [-0.2, -0.15) is 9.28 Å². The number of likely N-dealkylation sites (tertiary alicyclic amines) is 1. The number of para-hydroxylation sites is 1. The Kier molecular flexibility index (Phi) is 7.06. The van der Waals surface area contributed by atoms with Gasteiger partial charge in [0, 0.05) is 25.0 Å². The number of methoxy groups -OCH3 is 1. The predicted octanol–water partition coefficient (Wildman–Crippen LogP) is 3.58. The fourth-order valence-corrected chi connectivity index (χ4v) is 4.66. The van der Waals surface area contributed by atoms with Gasteiger partial charge < -0.3 is 9.84 Å². The fourth-order valence-electron chi connectivity index (χ4n) is 4.03. The highest BCUT2D eigenvalue weighted by atomic mass is 32.2. The first kappa shape index (κ1) is 21.4. The number of benzene rings is 1. The Morgan fingerprint density at radius 3 is 2.59 bits per heavy atom. The predicted molar refractivity (Wildman–Crippen MR) is 105 cm³/mol. The number of rotatable bonds is 6. The molecule has 0 radical (unpaired) electrons. The topological polar surface area (TPSA) is 80.7 Å². The lowest BCUT2D eigenvalue weighted by atomic mass is 9.96. The molecule has 1 saturated heterocycles. The molecule has 1 aliphatic rings. The summed E-state index contributed by atoms with van der Waals surface area (Å²) in [7, 11) is 1.62. The second-order valence-corrected chi connectivity index (χ2v) is 8.54. The molecule has 1 fully saturated rings. The Morgan fingerprint density at radius 2 is 2.00 bits per heavy atom. The molecule has 0 spiro atoms. The van der Waals surface area contributed by atoms with E-state index in [1.165, 1.54) is 6.92 Å². The van der Waals surface area contributed by atoms with E-state index in [1.807, 2.05) is 31.2 Å². The zero-order valence-electron chi connectivity index (χ0n) is 16.3. The van der Waals surface area contributed by atoms with Crippen LogP contribution < -0.4 is 4.74 Å². The molecule has 4 atom stereocenters. The van der Waals surface area contributed by atoms with Gasteiger partial charge in [0.1, 0.15) is 11.8 Å². The van der Waals surface area contributed by atoms with Gasteiger partial charge in [0.25, 0.3) is 0 Å². The normalized spacial score (nSPS) is 25.8. The summed E-state index contributed by atoms with van der Waals surface area (Å²) in [5, 5.41) is 9.90. The van der Waals surface area contributed by atoms with Crippen molar-refractivity contribution in [1.29, 1.82) is 0 Å². The Balaban J connectivity index is 2.21. The number of carbonyl (C=O) groups is 3. The van der Waals surface area contributed by atoms with E-state index < -0.39 is 16.5 Å². The Bertz CT molecular complexity index is 722. The Hall–Kier alpha value is -1.86. The molecule has 1 aliphatic heterocycles. The quantitative estimate of drug-likeness (QED) is 0.743. The number of hydrogen-bond donors (Lipinski definition) is 1. The molecule has 7 heteroatoms. The van der Waals surface area contributed by atoms with Gasteiger partial charge in [0.2, 0.25) is 0 Å². The molecule has 0 aromatic heterocycles. The molecular weight excluding hydrogens is 366 g/mol. The van der Waals surface area contributed by atoms with E-state index in [0.29, 0.717) is 18.6 Å². The second kappa shape index (κ2) is 8.89. The highest BCUT2D eigenvalue weighted by Crippen LogP contribution is 2.37. The molecule has 6 nitrogen and oxygen atoms in total. The van der Waals surface area contributed by atoms with Gasteiger partial charge in [0.05, 0.1) is 19.6 Å². The fraction of sp³-hybridized carbons (Fsp3) is 0.550. The molecular formula is C20H28NO5S+. The molecule has 1 aromatic rings. The van der Waals surface area contributed by atoms with E-state index in [-0.39, 0.29) is 29.5 Å². The van der Waals surface area contributed by atoms with Crippen molar-refractivity contribution < 1.29 is 28.7 Å². The van der Waals surface area contributed by atoms with Crippen LogP contribution in [0.25, 0.3) is 0 Å². The largest absolute Gasteiger partial charge is 0.521 e. The summed E-state index contributed by atoms with van der Waals surface area (Å²) in [5.41, 5.74) is 1.02. The maximum Gasteiger partial charge on any atom is 0.521 e. The zero-order valence-corrected chi connectivity index (χ0v) is 17.1. The molecule has 148 valence electrons. The molecule has 0 bridgehead atoms. The van der Waals surface area contributed by atoms with E-state index in [9.17, 15) is 19.5 Å². The standard InChI is InChI=1S/C20H27NO5S/c1-13(12-27-15(3)22)19(23)21(20(24)25)11-16(9-14(21)2)10-17-7-5-6-8-18(17)26-4/h5-8,13-14,16H,9-12H2,1-4H3/p+1/t13?,14?,16-,21+/m1/s1. The van der Waals surface area contributed by atoms with Crippen LogP contribution in [-0.2, 0) is 16.0 Å². The minimum absolute atomic E-state index is 0.0694.